The van der Waals surface area contributed by atoms with Crippen LogP contribution in [0, 0.1) is 5.95 Å². The van der Waals surface area contributed by atoms with Crippen LogP contribution in [0.1, 0.15) is 22.5 Å². The first-order valence-corrected chi connectivity index (χ1v) is 3.53. The summed E-state index contributed by atoms with van der Waals surface area (Å²) in [6, 6.07) is 0.818. The third kappa shape index (κ3) is 1.98. The van der Waals surface area contributed by atoms with Gasteiger partial charge in [0.25, 0.3) is 6.43 Å². The molecule has 0 aliphatic carbocycles. The van der Waals surface area contributed by atoms with Crippen LogP contribution >= 0.6 is 11.6 Å². The van der Waals surface area contributed by atoms with E-state index in [0.717, 1.165) is 6.07 Å². The zero-order valence-electron chi connectivity index (χ0n) is 6.10. The number of aromatic nitrogens is 1. The minimum absolute atomic E-state index is 0.156. The Bertz CT molecular complexity index is 343. The molecule has 1 rings (SSSR count). The van der Waals surface area contributed by atoms with Gasteiger partial charge < -0.3 is 0 Å². The molecule has 0 aliphatic rings. The number of hydrogen-bond acceptors (Lipinski definition) is 2. The number of carbonyl (C=O) groups excluding carboxylic acids is 1. The first-order valence-electron chi connectivity index (χ1n) is 3.15. The van der Waals surface area contributed by atoms with Gasteiger partial charge in [-0.15, -0.1) is 0 Å². The van der Waals surface area contributed by atoms with Crippen LogP contribution in [0.25, 0.3) is 0 Å². The van der Waals surface area contributed by atoms with E-state index in [2.05, 4.69) is 4.98 Å². The molecule has 1 heterocycles. The van der Waals surface area contributed by atoms with Crippen LogP contribution in [0.4, 0.5) is 13.2 Å². The van der Waals surface area contributed by atoms with Gasteiger partial charge >= 0.3 is 0 Å². The van der Waals surface area contributed by atoms with Crippen molar-refractivity contribution in [3.8, 4) is 0 Å². The van der Waals surface area contributed by atoms with Gasteiger partial charge in [-0.05, 0) is 6.07 Å². The molecule has 2 nitrogen and oxygen atoms in total. The van der Waals surface area contributed by atoms with Crippen LogP contribution in [0.5, 0.6) is 0 Å². The van der Waals surface area contributed by atoms with Crippen LogP contribution in [0.15, 0.2) is 6.07 Å². The lowest BCUT2D eigenvalue weighted by Crippen LogP contribution is -1.99. The van der Waals surface area contributed by atoms with Crippen molar-refractivity contribution in [2.45, 2.75) is 6.43 Å². The van der Waals surface area contributed by atoms with Crippen LogP contribution in [-0.4, -0.2) is 11.3 Å². The van der Waals surface area contributed by atoms with Gasteiger partial charge in [-0.2, -0.15) is 4.39 Å². The van der Waals surface area contributed by atoms with Crippen molar-refractivity contribution in [3.05, 3.63) is 28.3 Å². The monoisotopic (exact) mass is 209 g/mol. The van der Waals surface area contributed by atoms with Gasteiger partial charge in [0.15, 0.2) is 6.29 Å². The molecule has 0 aromatic carbocycles. The molecular formula is C7H3ClF3NO. The average Bonchev–Trinajstić information content (AvgIpc) is 2.07. The largest absolute Gasteiger partial charge is 0.298 e. The molecule has 1 aromatic heterocycles. The summed E-state index contributed by atoms with van der Waals surface area (Å²) < 4.78 is 36.7. The van der Waals surface area contributed by atoms with Crippen molar-refractivity contribution < 1.29 is 18.0 Å². The van der Waals surface area contributed by atoms with Gasteiger partial charge in [0.1, 0.15) is 5.69 Å². The highest BCUT2D eigenvalue weighted by Gasteiger charge is 2.17. The van der Waals surface area contributed by atoms with Gasteiger partial charge in [-0.3, -0.25) is 4.79 Å². The molecular weight excluding hydrogens is 207 g/mol. The summed E-state index contributed by atoms with van der Waals surface area (Å²) in [6.07, 6.45) is -2.80. The highest BCUT2D eigenvalue weighted by molar-refractivity contribution is 6.31. The summed E-state index contributed by atoms with van der Waals surface area (Å²) in [5.41, 5.74) is -1.29. The Morgan fingerprint density at radius 1 is 1.54 bits per heavy atom. The maximum Gasteiger partial charge on any atom is 0.281 e. The number of rotatable bonds is 2. The maximum atomic E-state index is 12.7. The summed E-state index contributed by atoms with van der Waals surface area (Å²) in [5, 5.41) is -0.418. The van der Waals surface area contributed by atoms with E-state index in [1.54, 1.807) is 0 Å². The number of nitrogens with zero attached hydrogens (tertiary/aromatic N) is 1. The van der Waals surface area contributed by atoms with E-state index in [0.29, 0.717) is 0 Å². The summed E-state index contributed by atoms with van der Waals surface area (Å²) in [7, 11) is 0. The molecule has 0 saturated carbocycles. The lowest BCUT2D eigenvalue weighted by Gasteiger charge is -2.02. The Labute approximate surface area is 76.3 Å². The number of pyridine rings is 1. The topological polar surface area (TPSA) is 30.0 Å². The molecule has 0 bridgehead atoms. The summed E-state index contributed by atoms with van der Waals surface area (Å²) in [6.45, 7) is 0. The Kier molecular flexibility index (Phi) is 2.87. The van der Waals surface area contributed by atoms with Gasteiger partial charge in [-0.25, -0.2) is 13.8 Å². The highest BCUT2D eigenvalue weighted by Crippen LogP contribution is 2.25. The molecule has 0 saturated heterocycles. The third-order valence-electron chi connectivity index (χ3n) is 1.32. The van der Waals surface area contributed by atoms with Crippen molar-refractivity contribution >= 4 is 17.9 Å². The van der Waals surface area contributed by atoms with E-state index < -0.39 is 28.7 Å². The predicted octanol–water partition coefficient (Wildman–Crippen LogP) is 2.62. The number of halogens is 4. The third-order valence-corrected chi connectivity index (χ3v) is 1.62. The molecule has 13 heavy (non-hydrogen) atoms. The number of hydrogen-bond donors (Lipinski definition) is 0. The molecule has 6 heteroatoms. The number of alkyl halides is 2. The second-order valence-electron chi connectivity index (χ2n) is 2.15. The van der Waals surface area contributed by atoms with E-state index in [-0.39, 0.29) is 6.29 Å². The van der Waals surface area contributed by atoms with Crippen molar-refractivity contribution in [1.82, 2.24) is 4.98 Å². The lowest BCUT2D eigenvalue weighted by molar-refractivity contribution is 0.111. The Hall–Kier alpha value is -1.10. The minimum Gasteiger partial charge on any atom is -0.298 e. The molecule has 1 aromatic rings. The second kappa shape index (κ2) is 3.74. The zero-order chi connectivity index (χ0) is 10.0. The van der Waals surface area contributed by atoms with E-state index >= 15 is 0 Å². The maximum absolute atomic E-state index is 12.7. The molecule has 0 radical (unpaired) electrons. The molecule has 0 aliphatic heterocycles. The SMILES string of the molecule is O=Cc1cc(Cl)c(C(F)F)nc1F. The second-order valence-corrected chi connectivity index (χ2v) is 2.56. The first kappa shape index (κ1) is 9.98. The fourth-order valence-corrected chi connectivity index (χ4v) is 0.972. The van der Waals surface area contributed by atoms with Crippen molar-refractivity contribution in [1.29, 1.82) is 0 Å². The van der Waals surface area contributed by atoms with Crippen molar-refractivity contribution in [2.75, 3.05) is 0 Å². The van der Waals surface area contributed by atoms with Gasteiger partial charge in [-0.1, -0.05) is 11.6 Å². The number of aldehydes is 1. The smallest absolute Gasteiger partial charge is 0.281 e. The van der Waals surface area contributed by atoms with Gasteiger partial charge in [0.05, 0.1) is 10.6 Å². The molecule has 0 atom stereocenters. The van der Waals surface area contributed by atoms with Gasteiger partial charge in [0.2, 0.25) is 5.95 Å². The minimum atomic E-state index is -2.96. The van der Waals surface area contributed by atoms with Gasteiger partial charge in [0, 0.05) is 0 Å². The molecule has 0 amide bonds. The quantitative estimate of drug-likeness (QED) is 0.554. The molecule has 0 fully saturated rings. The van der Waals surface area contributed by atoms with Crippen LogP contribution in [0.2, 0.25) is 5.02 Å². The molecule has 70 valence electrons. The van der Waals surface area contributed by atoms with Crippen molar-refractivity contribution in [3.63, 3.8) is 0 Å². The van der Waals surface area contributed by atoms with E-state index in [1.807, 2.05) is 0 Å². The first-order chi connectivity index (χ1) is 6.06. The van der Waals surface area contributed by atoms with E-state index in [4.69, 9.17) is 11.6 Å². The Morgan fingerprint density at radius 3 is 2.62 bits per heavy atom. The number of carbonyl (C=O) groups is 1. The fourth-order valence-electron chi connectivity index (χ4n) is 0.729. The molecule has 0 spiro atoms. The molecule has 0 unspecified atom stereocenters. The van der Waals surface area contributed by atoms with Crippen LogP contribution < -0.4 is 0 Å². The standard InChI is InChI=1S/C7H3ClF3NO/c8-4-1-3(2-13)7(11)12-5(4)6(9)10/h1-2,6H. The van der Waals surface area contributed by atoms with E-state index in [9.17, 15) is 18.0 Å². The zero-order valence-corrected chi connectivity index (χ0v) is 6.86. The van der Waals surface area contributed by atoms with Crippen molar-refractivity contribution in [2.24, 2.45) is 0 Å². The van der Waals surface area contributed by atoms with Crippen LogP contribution in [0.3, 0.4) is 0 Å². The summed E-state index contributed by atoms with van der Waals surface area (Å²) >= 11 is 5.31. The summed E-state index contributed by atoms with van der Waals surface area (Å²) in [5.74, 6) is -1.24. The Morgan fingerprint density at radius 2 is 2.15 bits per heavy atom. The highest BCUT2D eigenvalue weighted by atomic mass is 35.5. The summed E-state index contributed by atoms with van der Waals surface area (Å²) in [4.78, 5) is 13.0. The Balaban J connectivity index is 3.28. The van der Waals surface area contributed by atoms with Crippen LogP contribution in [-0.2, 0) is 0 Å². The van der Waals surface area contributed by atoms with E-state index in [1.165, 1.54) is 0 Å². The lowest BCUT2D eigenvalue weighted by atomic mass is 10.2. The normalized spacial score (nSPS) is 10.5. The predicted molar refractivity (Wildman–Crippen MR) is 39.5 cm³/mol. The molecule has 0 N–H and O–H groups in total. The average molecular weight is 210 g/mol. The fraction of sp³-hybridized carbons (Fsp3) is 0.143.